The Morgan fingerprint density at radius 2 is 1.67 bits per heavy atom. The number of aliphatic carboxylic acids is 1. The van der Waals surface area contributed by atoms with E-state index in [9.17, 15) is 14.7 Å². The second-order valence-electron chi connectivity index (χ2n) is 6.15. The van der Waals surface area contributed by atoms with Gasteiger partial charge in [-0.2, -0.15) is 0 Å². The predicted octanol–water partition coefficient (Wildman–Crippen LogP) is 2.67. The van der Waals surface area contributed by atoms with Crippen molar-refractivity contribution in [2.45, 2.75) is 60.4 Å². The third kappa shape index (κ3) is 5.07. The average molecular weight is 257 g/mol. The fourth-order valence-electron chi connectivity index (χ4n) is 1.95. The second-order valence-corrected chi connectivity index (χ2v) is 6.15. The fraction of sp³-hybridized carbons (Fsp3) is 0.857. The lowest BCUT2D eigenvalue weighted by atomic mass is 9.76. The molecule has 4 heteroatoms. The molecule has 0 aromatic rings. The number of hydrogen-bond acceptors (Lipinski definition) is 2. The van der Waals surface area contributed by atoms with Crippen LogP contribution in [-0.4, -0.2) is 23.0 Å². The quantitative estimate of drug-likeness (QED) is 0.737. The molecule has 0 saturated carbocycles. The minimum absolute atomic E-state index is 0.0302. The first-order valence-electron chi connectivity index (χ1n) is 6.62. The highest BCUT2D eigenvalue weighted by atomic mass is 16.4. The van der Waals surface area contributed by atoms with E-state index in [-0.39, 0.29) is 24.3 Å². The van der Waals surface area contributed by atoms with Crippen molar-refractivity contribution in [3.63, 3.8) is 0 Å². The Morgan fingerprint density at radius 1 is 1.17 bits per heavy atom. The zero-order chi connectivity index (χ0) is 14.5. The number of carbonyl (C=O) groups is 2. The molecule has 0 saturated heterocycles. The first kappa shape index (κ1) is 16.9. The molecule has 0 rings (SSSR count). The van der Waals surface area contributed by atoms with E-state index in [2.05, 4.69) is 19.2 Å². The molecule has 0 aliphatic carbocycles. The van der Waals surface area contributed by atoms with Crippen LogP contribution in [0.15, 0.2) is 0 Å². The molecule has 0 aliphatic rings. The summed E-state index contributed by atoms with van der Waals surface area (Å²) in [6.45, 7) is 11.4. The van der Waals surface area contributed by atoms with Gasteiger partial charge in [0.15, 0.2) is 0 Å². The SMILES string of the molecule is CC(C)CC(C)NC(=O)CC(C)(C(=O)O)C(C)C. The summed E-state index contributed by atoms with van der Waals surface area (Å²) < 4.78 is 0. The van der Waals surface area contributed by atoms with Crippen LogP contribution in [0.4, 0.5) is 0 Å². The monoisotopic (exact) mass is 257 g/mol. The van der Waals surface area contributed by atoms with Gasteiger partial charge < -0.3 is 10.4 Å². The molecule has 2 unspecified atom stereocenters. The second kappa shape index (κ2) is 6.76. The molecule has 0 radical (unpaired) electrons. The van der Waals surface area contributed by atoms with Crippen molar-refractivity contribution >= 4 is 11.9 Å². The number of amides is 1. The molecule has 0 aromatic carbocycles. The molecule has 2 N–H and O–H groups in total. The Bertz CT molecular complexity index is 299. The van der Waals surface area contributed by atoms with E-state index in [1.54, 1.807) is 6.92 Å². The van der Waals surface area contributed by atoms with Gasteiger partial charge in [-0.05, 0) is 32.1 Å². The van der Waals surface area contributed by atoms with Gasteiger partial charge in [-0.25, -0.2) is 0 Å². The maximum absolute atomic E-state index is 11.9. The van der Waals surface area contributed by atoms with E-state index < -0.39 is 11.4 Å². The Kier molecular flexibility index (Phi) is 6.36. The maximum atomic E-state index is 11.9. The van der Waals surface area contributed by atoms with Crippen molar-refractivity contribution in [3.8, 4) is 0 Å². The van der Waals surface area contributed by atoms with Gasteiger partial charge in [0.05, 0.1) is 5.41 Å². The maximum Gasteiger partial charge on any atom is 0.310 e. The van der Waals surface area contributed by atoms with Crippen LogP contribution in [0.1, 0.15) is 54.4 Å². The zero-order valence-corrected chi connectivity index (χ0v) is 12.4. The third-order valence-electron chi connectivity index (χ3n) is 3.52. The summed E-state index contributed by atoms with van der Waals surface area (Å²) in [6.07, 6.45) is 0.930. The van der Waals surface area contributed by atoms with Crippen molar-refractivity contribution in [1.29, 1.82) is 0 Å². The van der Waals surface area contributed by atoms with Gasteiger partial charge in [0.2, 0.25) is 5.91 Å². The highest BCUT2D eigenvalue weighted by Gasteiger charge is 2.38. The van der Waals surface area contributed by atoms with Gasteiger partial charge >= 0.3 is 5.97 Å². The summed E-state index contributed by atoms with van der Waals surface area (Å²) >= 11 is 0. The highest BCUT2D eigenvalue weighted by Crippen LogP contribution is 2.31. The molecule has 4 nitrogen and oxygen atoms in total. The Balaban J connectivity index is 4.50. The summed E-state index contributed by atoms with van der Waals surface area (Å²) in [5, 5.41) is 12.1. The smallest absolute Gasteiger partial charge is 0.310 e. The van der Waals surface area contributed by atoms with E-state index in [1.807, 2.05) is 20.8 Å². The molecule has 18 heavy (non-hydrogen) atoms. The third-order valence-corrected chi connectivity index (χ3v) is 3.52. The summed E-state index contributed by atoms with van der Waals surface area (Å²) in [4.78, 5) is 23.2. The van der Waals surface area contributed by atoms with E-state index in [1.165, 1.54) is 0 Å². The van der Waals surface area contributed by atoms with Crippen molar-refractivity contribution < 1.29 is 14.7 Å². The standard InChI is InChI=1S/C14H27NO3/c1-9(2)7-11(5)15-12(16)8-14(6,10(3)4)13(17)18/h9-11H,7-8H2,1-6H3,(H,15,16)(H,17,18). The Morgan fingerprint density at radius 3 is 2.00 bits per heavy atom. The molecule has 0 heterocycles. The number of hydrogen-bond donors (Lipinski definition) is 2. The van der Waals surface area contributed by atoms with Gasteiger partial charge in [-0.15, -0.1) is 0 Å². The lowest BCUT2D eigenvalue weighted by molar-refractivity contribution is -0.153. The number of carboxylic acids is 1. The summed E-state index contributed by atoms with van der Waals surface area (Å²) in [7, 11) is 0. The van der Waals surface area contributed by atoms with Crippen LogP contribution in [-0.2, 0) is 9.59 Å². The Hall–Kier alpha value is -1.06. The lowest BCUT2D eigenvalue weighted by Crippen LogP contribution is -2.41. The van der Waals surface area contributed by atoms with Crippen LogP contribution < -0.4 is 5.32 Å². The van der Waals surface area contributed by atoms with Gasteiger partial charge in [0, 0.05) is 12.5 Å². The van der Waals surface area contributed by atoms with Gasteiger partial charge in [0.1, 0.15) is 0 Å². The molecular formula is C14H27NO3. The van der Waals surface area contributed by atoms with E-state index in [4.69, 9.17) is 0 Å². The minimum atomic E-state index is -0.998. The minimum Gasteiger partial charge on any atom is -0.481 e. The molecule has 0 aliphatic heterocycles. The van der Waals surface area contributed by atoms with Crippen LogP contribution in [0.5, 0.6) is 0 Å². The van der Waals surface area contributed by atoms with Crippen LogP contribution in [0, 0.1) is 17.3 Å². The van der Waals surface area contributed by atoms with Crippen molar-refractivity contribution in [2.24, 2.45) is 17.3 Å². The van der Waals surface area contributed by atoms with Crippen molar-refractivity contribution in [1.82, 2.24) is 5.32 Å². The number of carboxylic acid groups (broad SMARTS) is 1. The van der Waals surface area contributed by atoms with Crippen LogP contribution in [0.25, 0.3) is 0 Å². The van der Waals surface area contributed by atoms with E-state index >= 15 is 0 Å². The average Bonchev–Trinajstić information content (AvgIpc) is 2.14. The first-order chi connectivity index (χ1) is 8.09. The summed E-state index contributed by atoms with van der Waals surface area (Å²) in [5.41, 5.74) is -0.998. The summed E-state index contributed by atoms with van der Waals surface area (Å²) in [6, 6.07) is 0.0858. The van der Waals surface area contributed by atoms with Gasteiger partial charge in [0.25, 0.3) is 0 Å². The lowest BCUT2D eigenvalue weighted by Gasteiger charge is -2.29. The zero-order valence-electron chi connectivity index (χ0n) is 12.4. The van der Waals surface area contributed by atoms with E-state index in [0.29, 0.717) is 5.92 Å². The first-order valence-corrected chi connectivity index (χ1v) is 6.62. The van der Waals surface area contributed by atoms with Gasteiger partial charge in [-0.1, -0.05) is 27.7 Å². The molecule has 106 valence electrons. The summed E-state index contributed by atoms with van der Waals surface area (Å²) in [5.74, 6) is -0.664. The van der Waals surface area contributed by atoms with Crippen molar-refractivity contribution in [3.05, 3.63) is 0 Å². The molecular weight excluding hydrogens is 230 g/mol. The van der Waals surface area contributed by atoms with Crippen LogP contribution in [0.2, 0.25) is 0 Å². The fourth-order valence-corrected chi connectivity index (χ4v) is 1.95. The number of nitrogens with one attached hydrogen (secondary N) is 1. The van der Waals surface area contributed by atoms with Gasteiger partial charge in [-0.3, -0.25) is 9.59 Å². The highest BCUT2D eigenvalue weighted by molar-refractivity contribution is 5.85. The molecule has 0 fully saturated rings. The Labute approximate surface area is 110 Å². The largest absolute Gasteiger partial charge is 0.481 e. The van der Waals surface area contributed by atoms with Crippen molar-refractivity contribution in [2.75, 3.05) is 0 Å². The number of rotatable bonds is 7. The normalized spacial score (nSPS) is 16.4. The predicted molar refractivity (Wildman–Crippen MR) is 72.3 cm³/mol. The van der Waals surface area contributed by atoms with Crippen LogP contribution >= 0.6 is 0 Å². The topological polar surface area (TPSA) is 66.4 Å². The number of carbonyl (C=O) groups excluding carboxylic acids is 1. The molecule has 0 bridgehead atoms. The molecule has 0 spiro atoms. The van der Waals surface area contributed by atoms with Crippen LogP contribution in [0.3, 0.4) is 0 Å². The molecule has 1 amide bonds. The molecule has 0 aromatic heterocycles. The van der Waals surface area contributed by atoms with E-state index in [0.717, 1.165) is 6.42 Å². The molecule has 2 atom stereocenters.